The molecule has 1 aliphatic carbocycles. The van der Waals surface area contributed by atoms with Crippen molar-refractivity contribution in [2.75, 3.05) is 38.1 Å². The molecule has 0 unspecified atom stereocenters. The van der Waals surface area contributed by atoms with E-state index in [1.165, 1.54) is 11.9 Å². The predicted molar refractivity (Wildman–Crippen MR) is 106 cm³/mol. The third-order valence-corrected chi connectivity index (χ3v) is 6.15. The molecule has 1 heterocycles. The molecule has 2 aliphatic rings. The number of rotatable bonds is 4. The number of piperazine rings is 1. The zero-order valence-electron chi connectivity index (χ0n) is 16.5. The van der Waals surface area contributed by atoms with Crippen LogP contribution in [0.25, 0.3) is 0 Å². The first-order valence-corrected chi connectivity index (χ1v) is 9.91. The Labute approximate surface area is 169 Å². The number of benzene rings is 1. The molecule has 0 radical (unpaired) electrons. The average Bonchev–Trinajstić information content (AvgIpc) is 2.77. The highest BCUT2D eigenvalue weighted by molar-refractivity contribution is 5.87. The number of carboxylic acid groups (broad SMARTS) is 1. The first kappa shape index (κ1) is 20.9. The molecule has 0 aromatic heterocycles. The van der Waals surface area contributed by atoms with E-state index in [0.29, 0.717) is 39.0 Å². The van der Waals surface area contributed by atoms with Gasteiger partial charge in [0.25, 0.3) is 0 Å². The Morgan fingerprint density at radius 2 is 1.69 bits per heavy atom. The summed E-state index contributed by atoms with van der Waals surface area (Å²) in [7, 11) is 1.46. The zero-order valence-corrected chi connectivity index (χ0v) is 16.5. The number of carbonyl (C=O) groups excluding carboxylic acids is 2. The lowest BCUT2D eigenvalue weighted by molar-refractivity contribution is -0.148. The van der Waals surface area contributed by atoms with Crippen LogP contribution in [-0.2, 0) is 9.59 Å². The first-order valence-electron chi connectivity index (χ1n) is 9.91. The van der Waals surface area contributed by atoms with Crippen LogP contribution >= 0.6 is 0 Å². The maximum Gasteiger partial charge on any atom is 0.407 e. The summed E-state index contributed by atoms with van der Waals surface area (Å²) in [6.45, 7) is 2.56. The highest BCUT2D eigenvalue weighted by Gasteiger charge is 2.43. The Bertz CT molecular complexity index is 736. The minimum Gasteiger partial charge on any atom is -0.465 e. The molecular formula is C20H28N4O5. The van der Waals surface area contributed by atoms with Crippen LogP contribution in [0.1, 0.15) is 19.3 Å². The molecule has 1 aromatic rings. The van der Waals surface area contributed by atoms with E-state index in [1.54, 1.807) is 10.4 Å². The predicted octanol–water partition coefficient (Wildman–Crippen LogP) is 1.24. The Hall–Kier alpha value is -2.81. The molecule has 1 aromatic carbocycles. The minimum absolute atomic E-state index is 0.0947. The van der Waals surface area contributed by atoms with Crippen molar-refractivity contribution in [1.29, 1.82) is 0 Å². The van der Waals surface area contributed by atoms with Crippen molar-refractivity contribution in [3.63, 3.8) is 0 Å². The van der Waals surface area contributed by atoms with Gasteiger partial charge in [0.15, 0.2) is 0 Å². The number of hydrogen-bond donors (Lipinski definition) is 3. The second-order valence-corrected chi connectivity index (χ2v) is 7.70. The summed E-state index contributed by atoms with van der Waals surface area (Å²) in [5, 5.41) is 18.3. The van der Waals surface area contributed by atoms with Crippen LogP contribution in [0.4, 0.5) is 10.5 Å². The minimum atomic E-state index is -1.07. The topological polar surface area (TPSA) is 113 Å². The number of anilines is 1. The highest BCUT2D eigenvalue weighted by Crippen LogP contribution is 2.34. The van der Waals surface area contributed by atoms with E-state index in [0.717, 1.165) is 5.69 Å². The third-order valence-electron chi connectivity index (χ3n) is 6.15. The fraction of sp³-hybridized carbons (Fsp3) is 0.550. The largest absolute Gasteiger partial charge is 0.465 e. The van der Waals surface area contributed by atoms with Crippen molar-refractivity contribution in [2.45, 2.75) is 25.3 Å². The zero-order chi connectivity index (χ0) is 21.0. The van der Waals surface area contributed by atoms with Gasteiger partial charge >= 0.3 is 6.09 Å². The maximum atomic E-state index is 13.2. The van der Waals surface area contributed by atoms with Crippen LogP contribution < -0.4 is 10.4 Å². The number of nitrogens with zero attached hydrogens (tertiary/aromatic N) is 3. The van der Waals surface area contributed by atoms with Crippen molar-refractivity contribution in [2.24, 2.45) is 11.8 Å². The first-order chi connectivity index (χ1) is 13.9. The molecule has 3 atom stereocenters. The average molecular weight is 404 g/mol. The summed E-state index contributed by atoms with van der Waals surface area (Å²) in [6, 6.07) is 9.66. The van der Waals surface area contributed by atoms with Gasteiger partial charge in [-0.05, 0) is 31.4 Å². The molecule has 0 bridgehead atoms. The molecule has 1 aliphatic heterocycles. The Morgan fingerprint density at radius 3 is 2.28 bits per heavy atom. The van der Waals surface area contributed by atoms with E-state index in [-0.39, 0.29) is 18.4 Å². The van der Waals surface area contributed by atoms with Crippen LogP contribution in [0.5, 0.6) is 0 Å². The van der Waals surface area contributed by atoms with Crippen LogP contribution in [0, 0.1) is 11.8 Å². The Balaban J connectivity index is 1.64. The Kier molecular flexibility index (Phi) is 6.58. The number of hydroxylamine groups is 1. The third kappa shape index (κ3) is 4.61. The molecule has 3 amide bonds. The molecule has 2 fully saturated rings. The van der Waals surface area contributed by atoms with Gasteiger partial charge in [0.1, 0.15) is 0 Å². The van der Waals surface area contributed by atoms with E-state index < -0.39 is 23.8 Å². The lowest BCUT2D eigenvalue weighted by Gasteiger charge is -2.41. The van der Waals surface area contributed by atoms with E-state index >= 15 is 0 Å². The van der Waals surface area contributed by atoms with Crippen molar-refractivity contribution < 1.29 is 24.7 Å². The second kappa shape index (κ2) is 9.13. The summed E-state index contributed by atoms with van der Waals surface area (Å²) in [4.78, 5) is 41.8. The molecule has 9 nitrogen and oxygen atoms in total. The number of carbonyl (C=O) groups is 3. The molecular weight excluding hydrogens is 376 g/mol. The fourth-order valence-corrected chi connectivity index (χ4v) is 4.38. The van der Waals surface area contributed by atoms with Gasteiger partial charge in [-0.25, -0.2) is 10.3 Å². The fourth-order valence-electron chi connectivity index (χ4n) is 4.38. The van der Waals surface area contributed by atoms with Gasteiger partial charge < -0.3 is 19.8 Å². The van der Waals surface area contributed by atoms with Crippen molar-refractivity contribution >= 4 is 23.6 Å². The molecule has 3 N–H and O–H groups in total. The maximum absolute atomic E-state index is 13.2. The van der Waals surface area contributed by atoms with Gasteiger partial charge in [0.05, 0.1) is 5.92 Å². The van der Waals surface area contributed by atoms with Gasteiger partial charge in [-0.2, -0.15) is 0 Å². The number of para-hydroxylation sites is 1. The van der Waals surface area contributed by atoms with E-state index in [4.69, 9.17) is 5.21 Å². The van der Waals surface area contributed by atoms with Gasteiger partial charge in [0, 0.05) is 50.9 Å². The van der Waals surface area contributed by atoms with E-state index in [1.807, 2.05) is 30.3 Å². The van der Waals surface area contributed by atoms with Gasteiger partial charge in [0.2, 0.25) is 11.8 Å². The smallest absolute Gasteiger partial charge is 0.407 e. The van der Waals surface area contributed by atoms with Crippen LogP contribution in [0.2, 0.25) is 0 Å². The quantitative estimate of drug-likeness (QED) is 0.514. The summed E-state index contributed by atoms with van der Waals surface area (Å²) in [5.74, 6) is -2.03. The number of amides is 3. The molecule has 0 spiro atoms. The molecule has 9 heteroatoms. The summed E-state index contributed by atoms with van der Waals surface area (Å²) >= 11 is 0. The summed E-state index contributed by atoms with van der Waals surface area (Å²) < 4.78 is 0. The van der Waals surface area contributed by atoms with Crippen molar-refractivity contribution in [1.82, 2.24) is 15.3 Å². The van der Waals surface area contributed by atoms with Gasteiger partial charge in [-0.3, -0.25) is 14.8 Å². The molecule has 29 heavy (non-hydrogen) atoms. The monoisotopic (exact) mass is 404 g/mol. The molecule has 158 valence electrons. The van der Waals surface area contributed by atoms with Crippen molar-refractivity contribution in [3.8, 4) is 0 Å². The van der Waals surface area contributed by atoms with Gasteiger partial charge in [-0.1, -0.05) is 18.2 Å². The normalized spacial score (nSPS) is 24.7. The van der Waals surface area contributed by atoms with Crippen LogP contribution in [-0.4, -0.2) is 77.3 Å². The Morgan fingerprint density at radius 1 is 1.03 bits per heavy atom. The van der Waals surface area contributed by atoms with Crippen molar-refractivity contribution in [3.05, 3.63) is 30.3 Å². The second-order valence-electron chi connectivity index (χ2n) is 7.70. The summed E-state index contributed by atoms with van der Waals surface area (Å²) in [5.41, 5.74) is 2.78. The SMILES string of the molecule is CN(C(=O)O)[C@H]1CC[C@H](C(=O)N2CCN(c3ccccc3)CC2)[C@@H](C(=O)NO)C1. The molecule has 3 rings (SSSR count). The molecule has 1 saturated carbocycles. The van der Waals surface area contributed by atoms with E-state index in [2.05, 4.69) is 4.90 Å². The lowest BCUT2D eigenvalue weighted by atomic mass is 9.75. The lowest BCUT2D eigenvalue weighted by Crippen LogP contribution is -2.54. The van der Waals surface area contributed by atoms with E-state index in [9.17, 15) is 19.5 Å². The molecule has 1 saturated heterocycles. The van der Waals surface area contributed by atoms with Gasteiger partial charge in [-0.15, -0.1) is 0 Å². The van der Waals surface area contributed by atoms with Crippen LogP contribution in [0.15, 0.2) is 30.3 Å². The summed E-state index contributed by atoms with van der Waals surface area (Å²) in [6.07, 6.45) is 0.0754. The standard InChI is InChI=1S/C20H28N4O5/c1-22(20(27)28)15-7-8-16(17(13-15)18(25)21-29)19(26)24-11-9-23(10-12-24)14-5-3-2-4-6-14/h2-6,15-17,29H,7-13H2,1H3,(H,21,25)(H,27,28)/t15-,16-,17-/m0/s1. The van der Waals surface area contributed by atoms with Crippen LogP contribution in [0.3, 0.4) is 0 Å². The number of nitrogens with one attached hydrogen (secondary N) is 1. The number of hydrogen-bond acceptors (Lipinski definition) is 5. The highest BCUT2D eigenvalue weighted by atomic mass is 16.5.